The van der Waals surface area contributed by atoms with Crippen LogP contribution in [0.5, 0.6) is 0 Å². The Balaban J connectivity index is 2.44. The second-order valence-corrected chi connectivity index (χ2v) is 4.18. The Morgan fingerprint density at radius 2 is 2.33 bits per heavy atom. The maximum Gasteiger partial charge on any atom is 0.292 e. The molecule has 2 N–H and O–H groups in total. The number of nitrogens with one attached hydrogen (secondary N) is 2. The number of nitrogens with zero attached hydrogens (tertiary/aromatic N) is 1. The highest BCUT2D eigenvalue weighted by atomic mass is 16.6. The zero-order valence-corrected chi connectivity index (χ0v) is 9.90. The van der Waals surface area contributed by atoms with E-state index in [1.807, 2.05) is 6.92 Å². The molecule has 1 aromatic carbocycles. The van der Waals surface area contributed by atoms with Gasteiger partial charge in [-0.15, -0.1) is 6.58 Å². The molecule has 0 bridgehead atoms. The topological polar surface area (TPSA) is 84.3 Å². The predicted octanol–water partition coefficient (Wildman–Crippen LogP) is 2.08. The Bertz CT molecular complexity index is 540. The van der Waals surface area contributed by atoms with Crippen molar-refractivity contribution in [2.75, 3.05) is 10.6 Å². The van der Waals surface area contributed by atoms with Crippen LogP contribution in [0.2, 0.25) is 0 Å². The van der Waals surface area contributed by atoms with Gasteiger partial charge >= 0.3 is 0 Å². The first-order valence-electron chi connectivity index (χ1n) is 5.51. The van der Waals surface area contributed by atoms with Gasteiger partial charge in [0.2, 0.25) is 5.91 Å². The fourth-order valence-corrected chi connectivity index (χ4v) is 1.83. The molecule has 6 heteroatoms. The van der Waals surface area contributed by atoms with E-state index in [1.54, 1.807) is 12.1 Å². The Morgan fingerprint density at radius 1 is 1.61 bits per heavy atom. The van der Waals surface area contributed by atoms with Crippen LogP contribution >= 0.6 is 0 Å². The van der Waals surface area contributed by atoms with Crippen LogP contribution in [-0.2, 0) is 11.2 Å². The van der Waals surface area contributed by atoms with Crippen LogP contribution in [0.4, 0.5) is 17.1 Å². The second kappa shape index (κ2) is 4.48. The first kappa shape index (κ1) is 12.1. The number of carbonyl (C=O) groups excluding carboxylic acids is 1. The summed E-state index contributed by atoms with van der Waals surface area (Å²) in [5.41, 5.74) is 1.64. The van der Waals surface area contributed by atoms with E-state index in [4.69, 9.17) is 0 Å². The van der Waals surface area contributed by atoms with Crippen molar-refractivity contribution in [3.63, 3.8) is 0 Å². The van der Waals surface area contributed by atoms with Crippen LogP contribution in [-0.4, -0.2) is 16.9 Å². The van der Waals surface area contributed by atoms with Crippen LogP contribution in [0.3, 0.4) is 0 Å². The highest BCUT2D eigenvalue weighted by Gasteiger charge is 2.24. The van der Waals surface area contributed by atoms with Gasteiger partial charge in [0.05, 0.1) is 11.3 Å². The van der Waals surface area contributed by atoms with E-state index in [2.05, 4.69) is 17.2 Å². The summed E-state index contributed by atoms with van der Waals surface area (Å²) < 4.78 is 0. The second-order valence-electron chi connectivity index (χ2n) is 4.18. The third-order valence-electron chi connectivity index (χ3n) is 2.78. The molecule has 1 heterocycles. The van der Waals surface area contributed by atoms with Crippen LogP contribution < -0.4 is 10.6 Å². The highest BCUT2D eigenvalue weighted by Crippen LogP contribution is 2.34. The van der Waals surface area contributed by atoms with Gasteiger partial charge < -0.3 is 10.6 Å². The van der Waals surface area contributed by atoms with Gasteiger partial charge in [-0.3, -0.25) is 14.9 Å². The van der Waals surface area contributed by atoms with Crippen LogP contribution in [0.15, 0.2) is 24.8 Å². The summed E-state index contributed by atoms with van der Waals surface area (Å²) in [4.78, 5) is 21.8. The summed E-state index contributed by atoms with van der Waals surface area (Å²) in [5, 5.41) is 16.7. The standard InChI is InChI=1S/C12H13N3O3/c1-3-7(2)13-10-6-9-8(5-12(16)14-9)4-11(10)15(17)18/h3-4,6-7,13H,1,5H2,2H3,(H,14,16). The van der Waals surface area contributed by atoms with E-state index in [0.29, 0.717) is 16.9 Å². The SMILES string of the molecule is C=CC(C)Nc1cc2c(cc1[N+](=O)[O-])CC(=O)N2. The van der Waals surface area contributed by atoms with E-state index < -0.39 is 4.92 Å². The Morgan fingerprint density at radius 3 is 2.94 bits per heavy atom. The summed E-state index contributed by atoms with van der Waals surface area (Å²) in [7, 11) is 0. The van der Waals surface area contributed by atoms with Gasteiger partial charge in [-0.05, 0) is 18.6 Å². The normalized spacial score (nSPS) is 14.6. The van der Waals surface area contributed by atoms with Crippen LogP contribution in [0, 0.1) is 10.1 Å². The van der Waals surface area contributed by atoms with Crippen LogP contribution in [0.1, 0.15) is 12.5 Å². The molecule has 0 saturated heterocycles. The van der Waals surface area contributed by atoms with Gasteiger partial charge in [0, 0.05) is 17.8 Å². The number of benzene rings is 1. The molecule has 18 heavy (non-hydrogen) atoms. The molecule has 1 amide bonds. The number of carbonyl (C=O) groups is 1. The number of anilines is 2. The monoisotopic (exact) mass is 247 g/mol. The minimum Gasteiger partial charge on any atom is -0.374 e. The lowest BCUT2D eigenvalue weighted by Crippen LogP contribution is -2.13. The summed E-state index contributed by atoms with van der Waals surface area (Å²) in [6, 6.07) is 2.93. The van der Waals surface area contributed by atoms with Gasteiger partial charge in [-0.25, -0.2) is 0 Å². The first-order chi connectivity index (χ1) is 8.51. The number of rotatable bonds is 4. The molecule has 0 radical (unpaired) electrons. The Labute approximate surface area is 104 Å². The maximum absolute atomic E-state index is 11.3. The number of hydrogen-bond acceptors (Lipinski definition) is 4. The molecule has 0 aromatic heterocycles. The van der Waals surface area contributed by atoms with Gasteiger partial charge in [-0.1, -0.05) is 6.08 Å². The van der Waals surface area contributed by atoms with Gasteiger partial charge in [0.15, 0.2) is 0 Å². The number of nitro benzene ring substituents is 1. The zero-order chi connectivity index (χ0) is 13.3. The largest absolute Gasteiger partial charge is 0.374 e. The fraction of sp³-hybridized carbons (Fsp3) is 0.250. The van der Waals surface area contributed by atoms with Crippen molar-refractivity contribution in [1.82, 2.24) is 0 Å². The molecule has 2 rings (SSSR count). The zero-order valence-electron chi connectivity index (χ0n) is 9.90. The summed E-state index contributed by atoms with van der Waals surface area (Å²) in [5.74, 6) is -0.145. The molecule has 0 saturated carbocycles. The van der Waals surface area contributed by atoms with E-state index >= 15 is 0 Å². The molecular weight excluding hydrogens is 234 g/mol. The van der Waals surface area contributed by atoms with Gasteiger partial charge in [-0.2, -0.15) is 0 Å². The molecule has 1 atom stereocenters. The molecule has 1 aliphatic heterocycles. The molecule has 0 fully saturated rings. The molecule has 1 aliphatic rings. The van der Waals surface area contributed by atoms with Crippen molar-refractivity contribution < 1.29 is 9.72 Å². The fourth-order valence-electron chi connectivity index (χ4n) is 1.83. The third-order valence-corrected chi connectivity index (χ3v) is 2.78. The number of nitro groups is 1. The molecule has 6 nitrogen and oxygen atoms in total. The molecule has 1 aromatic rings. The van der Waals surface area contributed by atoms with Crippen molar-refractivity contribution in [3.05, 3.63) is 40.5 Å². The number of hydrogen-bond donors (Lipinski definition) is 2. The van der Waals surface area contributed by atoms with E-state index in [0.717, 1.165) is 0 Å². The lowest BCUT2D eigenvalue weighted by Gasteiger charge is -2.12. The third kappa shape index (κ3) is 2.17. The van der Waals surface area contributed by atoms with Crippen molar-refractivity contribution >= 4 is 23.0 Å². The molecular formula is C12H13N3O3. The average molecular weight is 247 g/mol. The number of fused-ring (bicyclic) bond motifs is 1. The average Bonchev–Trinajstić information content (AvgIpc) is 2.66. The quantitative estimate of drug-likeness (QED) is 0.484. The highest BCUT2D eigenvalue weighted by molar-refractivity contribution is 6.00. The lowest BCUT2D eigenvalue weighted by molar-refractivity contribution is -0.384. The molecule has 0 aliphatic carbocycles. The van der Waals surface area contributed by atoms with Crippen molar-refractivity contribution in [2.24, 2.45) is 0 Å². The van der Waals surface area contributed by atoms with Crippen molar-refractivity contribution in [1.29, 1.82) is 0 Å². The predicted molar refractivity (Wildman–Crippen MR) is 68.7 cm³/mol. The summed E-state index contributed by atoms with van der Waals surface area (Å²) in [6.07, 6.45) is 1.84. The molecule has 94 valence electrons. The van der Waals surface area contributed by atoms with Gasteiger partial charge in [0.1, 0.15) is 5.69 Å². The number of amides is 1. The molecule has 0 spiro atoms. The van der Waals surface area contributed by atoms with E-state index in [1.165, 1.54) is 6.07 Å². The van der Waals surface area contributed by atoms with Crippen molar-refractivity contribution in [2.45, 2.75) is 19.4 Å². The van der Waals surface area contributed by atoms with E-state index in [-0.39, 0.29) is 24.1 Å². The first-order valence-corrected chi connectivity index (χ1v) is 5.51. The Kier molecular flexibility index (Phi) is 3.01. The van der Waals surface area contributed by atoms with Crippen molar-refractivity contribution in [3.8, 4) is 0 Å². The van der Waals surface area contributed by atoms with Crippen LogP contribution in [0.25, 0.3) is 0 Å². The Hall–Kier alpha value is -2.37. The maximum atomic E-state index is 11.3. The van der Waals surface area contributed by atoms with Gasteiger partial charge in [0.25, 0.3) is 5.69 Å². The summed E-state index contributed by atoms with van der Waals surface area (Å²) >= 11 is 0. The minimum absolute atomic E-state index is 0.0287. The van der Waals surface area contributed by atoms with E-state index in [9.17, 15) is 14.9 Å². The molecule has 1 unspecified atom stereocenters. The summed E-state index contributed by atoms with van der Waals surface area (Å²) in [6.45, 7) is 5.45. The smallest absolute Gasteiger partial charge is 0.292 e. The lowest BCUT2D eigenvalue weighted by atomic mass is 10.1. The minimum atomic E-state index is -0.457.